The molecule has 0 atom stereocenters. The van der Waals surface area contributed by atoms with Gasteiger partial charge in [-0.1, -0.05) is 119 Å². The smallest absolute Gasteiger partial charge is 1.00 e. The zero-order valence-electron chi connectivity index (χ0n) is 34.7. The van der Waals surface area contributed by atoms with Crippen molar-refractivity contribution in [2.24, 2.45) is 0 Å². The van der Waals surface area contributed by atoms with Gasteiger partial charge in [0.25, 0.3) is 0 Å². The summed E-state index contributed by atoms with van der Waals surface area (Å²) in [7, 11) is 0. The van der Waals surface area contributed by atoms with Crippen molar-refractivity contribution in [2.45, 2.75) is 105 Å². The molecule has 0 fully saturated rings. The maximum Gasteiger partial charge on any atom is 3.00 e. The van der Waals surface area contributed by atoms with Crippen LogP contribution >= 0.6 is 0 Å². The van der Waals surface area contributed by atoms with Crippen LogP contribution in [-0.4, -0.2) is 9.97 Å². The van der Waals surface area contributed by atoms with Crippen LogP contribution in [0.5, 0.6) is 0 Å². The summed E-state index contributed by atoms with van der Waals surface area (Å²) in [5, 5.41) is 14.0. The van der Waals surface area contributed by atoms with Crippen molar-refractivity contribution in [1.29, 1.82) is 0 Å². The third kappa shape index (κ3) is 13.3. The van der Waals surface area contributed by atoms with Gasteiger partial charge in [0.05, 0.1) is 0 Å². The molecule has 0 unspecified atom stereocenters. The van der Waals surface area contributed by atoms with Crippen molar-refractivity contribution in [1.82, 2.24) is 9.97 Å². The fourth-order valence-electron chi connectivity index (χ4n) is 5.67. The molecule has 298 valence electrons. The van der Waals surface area contributed by atoms with Gasteiger partial charge in [-0.05, 0) is 44.4 Å². The van der Waals surface area contributed by atoms with Crippen molar-refractivity contribution >= 4 is 0 Å². The van der Waals surface area contributed by atoms with Gasteiger partial charge in [0.2, 0.25) is 0 Å². The van der Waals surface area contributed by atoms with Crippen LogP contribution in [-0.2, 0) is 66.4 Å². The van der Waals surface area contributed by atoms with E-state index in [4.69, 9.17) is 20.5 Å². The fraction of sp³-hybridized carbons (Fsp3) is 0.320. The van der Waals surface area contributed by atoms with E-state index in [-0.39, 0.29) is 66.4 Å². The summed E-state index contributed by atoms with van der Waals surface area (Å²) >= 11 is 0. The number of aromatic nitrogens is 2. The Morgan fingerprint density at radius 3 is 0.679 bits per heavy atom. The summed E-state index contributed by atoms with van der Waals surface area (Å²) in [6.45, 7) is 26.6. The summed E-state index contributed by atoms with van der Waals surface area (Å²) in [6, 6.07) is 51.3. The van der Waals surface area contributed by atoms with Gasteiger partial charge in [-0.25, -0.2) is 0 Å². The Labute approximate surface area is 368 Å². The monoisotopic (exact) mass is 1110 g/mol. The number of nitrogens with zero attached hydrogens (tertiary/aromatic N) is 2. The normalized spacial score (nSPS) is 11.5. The van der Waals surface area contributed by atoms with E-state index in [0.29, 0.717) is 0 Å². The molecule has 0 saturated heterocycles. The first kappa shape index (κ1) is 48.7. The predicted octanol–water partition coefficient (Wildman–Crippen LogP) is 10.8. The van der Waals surface area contributed by atoms with E-state index < -0.39 is 0 Å². The van der Waals surface area contributed by atoms with Crippen molar-refractivity contribution in [3.05, 3.63) is 156 Å². The van der Waals surface area contributed by atoms with Gasteiger partial charge in [0, 0.05) is 0 Å². The number of pyridine rings is 2. The van der Waals surface area contributed by atoms with Gasteiger partial charge in [0.1, 0.15) is 0 Å². The fourth-order valence-corrected chi connectivity index (χ4v) is 5.67. The van der Waals surface area contributed by atoms with Gasteiger partial charge < -0.3 is 20.5 Å². The predicted molar refractivity (Wildman–Crippen MR) is 220 cm³/mol. The van der Waals surface area contributed by atoms with E-state index >= 15 is 0 Å². The second kappa shape index (κ2) is 20.3. The molecule has 6 rings (SSSR count). The van der Waals surface area contributed by atoms with Crippen LogP contribution in [0.25, 0.3) is 45.0 Å². The molecule has 0 bridgehead atoms. The first-order valence-electron chi connectivity index (χ1n) is 18.5. The Morgan fingerprint density at radius 1 is 0.339 bits per heavy atom. The Morgan fingerprint density at radius 2 is 0.536 bits per heavy atom. The van der Waals surface area contributed by atoms with Crippen LogP contribution in [0.15, 0.2) is 109 Å². The molecule has 0 spiro atoms. The zero-order valence-corrected chi connectivity index (χ0v) is 39.0. The Kier molecular flexibility index (Phi) is 17.7. The largest absolute Gasteiger partial charge is 3.00 e. The van der Waals surface area contributed by atoms with Crippen LogP contribution in [0.1, 0.15) is 105 Å². The maximum atomic E-state index is 7.00. The van der Waals surface area contributed by atoms with Crippen molar-refractivity contribution < 1.29 is 55.3 Å². The third-order valence-electron chi connectivity index (χ3n) is 9.32. The van der Waals surface area contributed by atoms with E-state index in [9.17, 15) is 0 Å². The molecule has 6 heteroatoms. The Balaban J connectivity index is 0.000000358. The van der Waals surface area contributed by atoms with Gasteiger partial charge >= 0.3 is 44.8 Å². The van der Waals surface area contributed by atoms with E-state index in [0.717, 1.165) is 45.0 Å². The Bertz CT molecular complexity index is 1780. The third-order valence-corrected chi connectivity index (χ3v) is 9.32. The Hall–Kier alpha value is -3.42. The quantitative estimate of drug-likeness (QED) is 0.0763. The molecule has 0 radical (unpaired) electrons. The first-order chi connectivity index (χ1) is 25.3. The zero-order chi connectivity index (χ0) is 39.9. The number of benzene rings is 4. The van der Waals surface area contributed by atoms with Gasteiger partial charge in [0.15, 0.2) is 0 Å². The minimum atomic E-state index is 0. The van der Waals surface area contributed by atoms with Crippen molar-refractivity contribution in [3.8, 4) is 45.0 Å². The van der Waals surface area contributed by atoms with Gasteiger partial charge in [-0.3, -0.25) is 0 Å². The molecule has 4 aromatic carbocycles. The molecule has 56 heavy (non-hydrogen) atoms. The summed E-state index contributed by atoms with van der Waals surface area (Å²) in [5.74, 6) is 0. The van der Waals surface area contributed by atoms with Gasteiger partial charge in [-0.15, -0.1) is 142 Å². The van der Waals surface area contributed by atoms with Crippen LogP contribution in [0, 0.1) is 24.3 Å². The number of hydrogen-bond acceptors (Lipinski definition) is 4. The maximum absolute atomic E-state index is 7.00. The summed E-state index contributed by atoms with van der Waals surface area (Å²) in [5.41, 5.74) is 13.5. The molecule has 2 heterocycles. The van der Waals surface area contributed by atoms with Crippen LogP contribution in [0.3, 0.4) is 0 Å². The molecule has 2 aromatic heterocycles. The molecule has 0 aliphatic rings. The summed E-state index contributed by atoms with van der Waals surface area (Å²) in [6.07, 6.45) is 0. The standard InChI is InChI=1S/2C25H27N.2Au.O2/c2*1-24(2,3)20-14-10-18(11-15-20)22-8-7-9-23(26-22)19-12-16-21(17-13-19)25(4,5)6;;;1-2/h2*7-10,12,14-17H,1-6H3;;;/q2*-2;2*+3;-2. The van der Waals surface area contributed by atoms with Crippen molar-refractivity contribution in [2.75, 3.05) is 0 Å². The minimum absolute atomic E-state index is 0. The SMILES string of the molecule is CC(C)(C)c1c[c-]c(-c2cccc(-c3[c-]cc(C(C)(C)C)cc3)n2)cc1.CC(C)(C)c1c[c-]c(-c2cccc(-c3[c-]cc(C(C)(C)C)cc3)n2)cc1.[Au+3].[Au+3].[O-][O-]. The average Bonchev–Trinajstić information content (AvgIpc) is 3.15. The van der Waals surface area contributed by atoms with Gasteiger partial charge in [-0.2, -0.15) is 0 Å². The number of rotatable bonds is 4. The average molecular weight is 1110 g/mol. The molecule has 0 saturated carbocycles. The molecular formula is C50H54Au2N2O2. The molecule has 4 nitrogen and oxygen atoms in total. The molecule has 0 N–H and O–H groups in total. The number of hydrogen-bond donors (Lipinski definition) is 0. The molecule has 6 aromatic rings. The van der Waals surface area contributed by atoms with Crippen LogP contribution in [0.2, 0.25) is 0 Å². The van der Waals surface area contributed by atoms with E-state index in [1.54, 1.807) is 0 Å². The topological polar surface area (TPSA) is 71.9 Å². The van der Waals surface area contributed by atoms with E-state index in [2.05, 4.69) is 192 Å². The first-order valence-corrected chi connectivity index (χ1v) is 18.5. The van der Waals surface area contributed by atoms with Crippen LogP contribution < -0.4 is 10.5 Å². The van der Waals surface area contributed by atoms with E-state index in [1.807, 2.05) is 24.3 Å². The molecule has 0 amide bonds. The summed E-state index contributed by atoms with van der Waals surface area (Å²) < 4.78 is 0. The summed E-state index contributed by atoms with van der Waals surface area (Å²) in [4.78, 5) is 9.67. The second-order valence-electron chi connectivity index (χ2n) is 17.8. The molecule has 0 aliphatic heterocycles. The molecular weight excluding hydrogens is 1050 g/mol. The van der Waals surface area contributed by atoms with E-state index in [1.165, 1.54) is 22.3 Å². The van der Waals surface area contributed by atoms with Crippen molar-refractivity contribution in [3.63, 3.8) is 0 Å². The van der Waals surface area contributed by atoms with Crippen LogP contribution in [0.4, 0.5) is 0 Å². The minimum Gasteiger partial charge on any atom is -1.00 e. The second-order valence-corrected chi connectivity index (χ2v) is 17.8. The molecule has 0 aliphatic carbocycles.